The molecule has 1 amide bonds. The Morgan fingerprint density at radius 1 is 1.43 bits per heavy atom. The van der Waals surface area contributed by atoms with Crippen molar-refractivity contribution in [1.29, 1.82) is 0 Å². The molecule has 0 radical (unpaired) electrons. The van der Waals surface area contributed by atoms with Gasteiger partial charge in [-0.2, -0.15) is 4.98 Å². The van der Waals surface area contributed by atoms with Crippen LogP contribution in [-0.4, -0.2) is 36.1 Å². The number of nitrogens with one attached hydrogen (secondary N) is 2. The van der Waals surface area contributed by atoms with Gasteiger partial charge in [0.1, 0.15) is 5.69 Å². The number of carbonyl (C=O) groups excluding carboxylic acids is 1. The second-order valence-corrected chi connectivity index (χ2v) is 7.02. The molecule has 6 heteroatoms. The van der Waals surface area contributed by atoms with E-state index in [4.69, 9.17) is 4.74 Å². The Labute approximate surface area is 137 Å². The van der Waals surface area contributed by atoms with E-state index >= 15 is 0 Å². The highest BCUT2D eigenvalue weighted by atomic mass is 16.5. The van der Waals surface area contributed by atoms with E-state index in [1.54, 1.807) is 13.2 Å². The van der Waals surface area contributed by atoms with Gasteiger partial charge >= 0.3 is 5.69 Å². The average molecular weight is 321 g/mol. The summed E-state index contributed by atoms with van der Waals surface area (Å²) in [5.74, 6) is 0.107. The lowest BCUT2D eigenvalue weighted by Gasteiger charge is -2.28. The maximum atomic E-state index is 12.4. The summed E-state index contributed by atoms with van der Waals surface area (Å²) >= 11 is 0. The third-order valence-electron chi connectivity index (χ3n) is 4.40. The zero-order chi connectivity index (χ0) is 16.9. The molecule has 1 aromatic heterocycles. The largest absolute Gasteiger partial charge is 0.384 e. The minimum Gasteiger partial charge on any atom is -0.384 e. The van der Waals surface area contributed by atoms with Crippen LogP contribution in [0.4, 0.5) is 0 Å². The van der Waals surface area contributed by atoms with Crippen LogP contribution in [0.15, 0.2) is 10.9 Å². The number of carbonyl (C=O) groups is 1. The van der Waals surface area contributed by atoms with Crippen molar-refractivity contribution >= 4 is 5.91 Å². The van der Waals surface area contributed by atoms with Gasteiger partial charge in [-0.1, -0.05) is 26.7 Å². The van der Waals surface area contributed by atoms with Gasteiger partial charge in [-0.25, -0.2) is 4.79 Å². The maximum absolute atomic E-state index is 12.4. The first kappa shape index (κ1) is 17.7. The zero-order valence-corrected chi connectivity index (χ0v) is 14.3. The van der Waals surface area contributed by atoms with E-state index in [0.717, 1.165) is 18.5 Å². The third-order valence-corrected chi connectivity index (χ3v) is 4.40. The smallest absolute Gasteiger partial charge is 0.345 e. The van der Waals surface area contributed by atoms with E-state index in [9.17, 15) is 9.59 Å². The van der Waals surface area contributed by atoms with Crippen molar-refractivity contribution in [3.8, 4) is 0 Å². The summed E-state index contributed by atoms with van der Waals surface area (Å²) in [5, 5.41) is 2.94. The Morgan fingerprint density at radius 2 is 2.13 bits per heavy atom. The second-order valence-electron chi connectivity index (χ2n) is 7.02. The first-order valence-corrected chi connectivity index (χ1v) is 8.31. The summed E-state index contributed by atoms with van der Waals surface area (Å²) in [6.07, 6.45) is 5.17. The van der Waals surface area contributed by atoms with Crippen LogP contribution in [0, 0.1) is 11.3 Å². The molecule has 0 atom stereocenters. The van der Waals surface area contributed by atoms with Crippen molar-refractivity contribution in [2.24, 2.45) is 11.3 Å². The lowest BCUT2D eigenvalue weighted by atomic mass is 9.87. The molecule has 1 aliphatic carbocycles. The first-order chi connectivity index (χ1) is 10.9. The van der Waals surface area contributed by atoms with Crippen LogP contribution in [0.1, 0.15) is 55.7 Å². The van der Waals surface area contributed by atoms with Crippen LogP contribution in [0.2, 0.25) is 0 Å². The van der Waals surface area contributed by atoms with E-state index in [1.165, 1.54) is 12.8 Å². The van der Waals surface area contributed by atoms with Gasteiger partial charge in [-0.05, 0) is 31.2 Å². The number of hydrogen-bond donors (Lipinski definition) is 2. The highest BCUT2D eigenvalue weighted by Gasteiger charge is 2.34. The summed E-state index contributed by atoms with van der Waals surface area (Å²) in [7, 11) is 1.69. The van der Waals surface area contributed by atoms with Crippen LogP contribution in [0.5, 0.6) is 0 Å². The molecule has 0 unspecified atom stereocenters. The van der Waals surface area contributed by atoms with Gasteiger partial charge in [0.25, 0.3) is 5.91 Å². The van der Waals surface area contributed by atoms with Gasteiger partial charge in [-0.3, -0.25) is 4.79 Å². The average Bonchev–Trinajstić information content (AvgIpc) is 2.93. The molecule has 1 aliphatic rings. The second kappa shape index (κ2) is 7.73. The van der Waals surface area contributed by atoms with Gasteiger partial charge in [0.05, 0.1) is 6.61 Å². The van der Waals surface area contributed by atoms with Gasteiger partial charge in [0.15, 0.2) is 0 Å². The lowest BCUT2D eigenvalue weighted by molar-refractivity contribution is 0.0738. The third kappa shape index (κ3) is 4.89. The standard InChI is InChI=1S/C17H27N3O3/c1-12(2)8-13-9-14(20-16(22)19-13)15(21)18-10-17(11-23-3)6-4-5-7-17/h9,12H,4-8,10-11H2,1-3H3,(H,18,21)(H,19,20,22). The molecule has 6 nitrogen and oxygen atoms in total. The number of methoxy groups -OCH3 is 1. The van der Waals surface area contributed by atoms with Crippen LogP contribution >= 0.6 is 0 Å². The van der Waals surface area contributed by atoms with Crippen molar-refractivity contribution in [2.75, 3.05) is 20.3 Å². The molecule has 0 bridgehead atoms. The Morgan fingerprint density at radius 3 is 2.74 bits per heavy atom. The normalized spacial score (nSPS) is 16.7. The molecule has 0 aliphatic heterocycles. The molecule has 1 saturated carbocycles. The quantitative estimate of drug-likeness (QED) is 0.803. The maximum Gasteiger partial charge on any atom is 0.345 e. The summed E-state index contributed by atoms with van der Waals surface area (Å²) in [4.78, 5) is 30.5. The number of ether oxygens (including phenoxy) is 1. The molecule has 1 heterocycles. The molecule has 2 N–H and O–H groups in total. The first-order valence-electron chi connectivity index (χ1n) is 8.31. The van der Waals surface area contributed by atoms with Gasteiger partial charge < -0.3 is 15.0 Å². The van der Waals surface area contributed by atoms with E-state index < -0.39 is 5.69 Å². The summed E-state index contributed by atoms with van der Waals surface area (Å²) in [6.45, 7) is 5.34. The number of aromatic nitrogens is 2. The molecule has 1 fully saturated rings. The van der Waals surface area contributed by atoms with Crippen molar-refractivity contribution < 1.29 is 9.53 Å². The monoisotopic (exact) mass is 321 g/mol. The molecule has 23 heavy (non-hydrogen) atoms. The number of H-pyrrole nitrogens is 1. The number of nitrogens with zero attached hydrogens (tertiary/aromatic N) is 1. The van der Waals surface area contributed by atoms with Crippen LogP contribution in [-0.2, 0) is 11.2 Å². The fourth-order valence-corrected chi connectivity index (χ4v) is 3.34. The van der Waals surface area contributed by atoms with Crippen molar-refractivity contribution in [1.82, 2.24) is 15.3 Å². The Bertz CT molecular complexity index is 589. The van der Waals surface area contributed by atoms with Crippen molar-refractivity contribution in [3.05, 3.63) is 27.9 Å². The molecule has 0 saturated heterocycles. The molecule has 128 valence electrons. The topological polar surface area (TPSA) is 84.1 Å². The van der Waals surface area contributed by atoms with Crippen molar-refractivity contribution in [3.63, 3.8) is 0 Å². The molecule has 0 aromatic carbocycles. The number of rotatable bonds is 7. The minimum absolute atomic E-state index is 0.0202. The number of aromatic amines is 1. The van der Waals surface area contributed by atoms with E-state index in [2.05, 4.69) is 29.1 Å². The van der Waals surface area contributed by atoms with Crippen LogP contribution < -0.4 is 11.0 Å². The highest BCUT2D eigenvalue weighted by molar-refractivity contribution is 5.92. The summed E-state index contributed by atoms with van der Waals surface area (Å²) in [6, 6.07) is 1.67. The van der Waals surface area contributed by atoms with Gasteiger partial charge in [-0.15, -0.1) is 0 Å². The van der Waals surface area contributed by atoms with Gasteiger partial charge in [0, 0.05) is 24.8 Å². The molecule has 0 spiro atoms. The minimum atomic E-state index is -0.472. The Kier molecular flexibility index (Phi) is 5.93. The van der Waals surface area contributed by atoms with Crippen LogP contribution in [0.25, 0.3) is 0 Å². The molecule has 1 aromatic rings. The fourth-order valence-electron chi connectivity index (χ4n) is 3.34. The molecule has 2 rings (SSSR count). The molecular weight excluding hydrogens is 294 g/mol. The Hall–Kier alpha value is -1.69. The predicted molar refractivity (Wildman–Crippen MR) is 88.5 cm³/mol. The van der Waals surface area contributed by atoms with Crippen molar-refractivity contribution in [2.45, 2.75) is 46.0 Å². The Balaban J connectivity index is 2.05. The van der Waals surface area contributed by atoms with Gasteiger partial charge in [0.2, 0.25) is 0 Å². The lowest BCUT2D eigenvalue weighted by Crippen LogP contribution is -2.39. The van der Waals surface area contributed by atoms with E-state index in [-0.39, 0.29) is 17.0 Å². The summed E-state index contributed by atoms with van der Waals surface area (Å²) < 4.78 is 5.33. The highest BCUT2D eigenvalue weighted by Crippen LogP contribution is 2.37. The zero-order valence-electron chi connectivity index (χ0n) is 14.3. The van der Waals surface area contributed by atoms with E-state index in [0.29, 0.717) is 25.5 Å². The number of hydrogen-bond acceptors (Lipinski definition) is 4. The SMILES string of the molecule is COCC1(CNC(=O)c2cc(CC(C)C)[nH]c(=O)n2)CCCC1. The van der Waals surface area contributed by atoms with E-state index in [1.807, 2.05) is 0 Å². The predicted octanol–water partition coefficient (Wildman–Crippen LogP) is 1.90. The molecular formula is C17H27N3O3. The summed E-state index contributed by atoms with van der Waals surface area (Å²) in [5.41, 5.74) is 0.486. The van der Waals surface area contributed by atoms with Crippen LogP contribution in [0.3, 0.4) is 0 Å². The fraction of sp³-hybridized carbons (Fsp3) is 0.706. The number of amides is 1.